The Morgan fingerprint density at radius 2 is 2.29 bits per heavy atom. The highest BCUT2D eigenvalue weighted by molar-refractivity contribution is 8.00. The van der Waals surface area contributed by atoms with Gasteiger partial charge < -0.3 is 5.32 Å². The zero-order valence-corrected chi connectivity index (χ0v) is 9.53. The Kier molecular flexibility index (Phi) is 2.68. The maximum absolute atomic E-state index is 4.42. The zero-order valence-electron chi connectivity index (χ0n) is 8.71. The minimum absolute atomic E-state index is 0.505. The van der Waals surface area contributed by atoms with Gasteiger partial charge in [-0.05, 0) is 38.2 Å². The van der Waals surface area contributed by atoms with Crippen LogP contribution in [0.1, 0.15) is 18.5 Å². The molecular formula is C11H16N2S. The van der Waals surface area contributed by atoms with Crippen LogP contribution in [-0.4, -0.2) is 22.5 Å². The lowest BCUT2D eigenvalue weighted by Crippen LogP contribution is -2.18. The van der Waals surface area contributed by atoms with E-state index in [-0.39, 0.29) is 0 Å². The fraction of sp³-hybridized carbons (Fsp3) is 0.545. The largest absolute Gasteiger partial charge is 0.369 e. The highest BCUT2D eigenvalue weighted by Crippen LogP contribution is 2.46. The maximum atomic E-state index is 4.42. The smallest absolute Gasteiger partial charge is 0.126 e. The second-order valence-corrected chi connectivity index (χ2v) is 5.18. The molecule has 1 fully saturated rings. The van der Waals surface area contributed by atoms with Crippen molar-refractivity contribution < 1.29 is 0 Å². The van der Waals surface area contributed by atoms with Crippen molar-refractivity contribution in [1.82, 2.24) is 4.98 Å². The molecule has 1 saturated carbocycles. The number of hydrogen-bond donors (Lipinski definition) is 1. The van der Waals surface area contributed by atoms with E-state index in [1.54, 1.807) is 0 Å². The van der Waals surface area contributed by atoms with E-state index in [0.29, 0.717) is 4.75 Å². The first-order chi connectivity index (χ1) is 6.74. The van der Waals surface area contributed by atoms with E-state index in [1.165, 1.54) is 12.8 Å². The van der Waals surface area contributed by atoms with Crippen LogP contribution in [-0.2, 0) is 0 Å². The van der Waals surface area contributed by atoms with Gasteiger partial charge in [0.05, 0.1) is 0 Å². The van der Waals surface area contributed by atoms with Crippen LogP contribution < -0.4 is 5.32 Å². The molecule has 0 aliphatic heterocycles. The van der Waals surface area contributed by atoms with Gasteiger partial charge >= 0.3 is 0 Å². The molecule has 1 aromatic heterocycles. The van der Waals surface area contributed by atoms with E-state index in [9.17, 15) is 0 Å². The molecule has 1 aliphatic carbocycles. The Morgan fingerprint density at radius 3 is 2.86 bits per heavy atom. The Hall–Kier alpha value is -0.700. The number of aryl methyl sites for hydroxylation is 1. The van der Waals surface area contributed by atoms with Crippen molar-refractivity contribution in [2.75, 3.05) is 18.1 Å². The summed E-state index contributed by atoms with van der Waals surface area (Å²) in [4.78, 5) is 4.42. The molecule has 1 N–H and O–H groups in total. The molecule has 14 heavy (non-hydrogen) atoms. The van der Waals surface area contributed by atoms with Gasteiger partial charge in [0.2, 0.25) is 0 Å². The second kappa shape index (κ2) is 3.81. The van der Waals surface area contributed by atoms with Gasteiger partial charge in [0, 0.05) is 17.0 Å². The van der Waals surface area contributed by atoms with Crippen LogP contribution in [0.15, 0.2) is 18.2 Å². The minimum Gasteiger partial charge on any atom is -0.369 e. The van der Waals surface area contributed by atoms with Gasteiger partial charge in [0.1, 0.15) is 5.82 Å². The average molecular weight is 208 g/mol. The normalized spacial score (nSPS) is 17.9. The van der Waals surface area contributed by atoms with E-state index in [2.05, 4.69) is 16.6 Å². The number of pyridine rings is 1. The first kappa shape index (κ1) is 9.84. The third-order valence-electron chi connectivity index (χ3n) is 2.72. The van der Waals surface area contributed by atoms with E-state index < -0.39 is 0 Å². The molecule has 0 saturated heterocycles. The summed E-state index contributed by atoms with van der Waals surface area (Å²) in [7, 11) is 0. The molecule has 0 bridgehead atoms. The summed E-state index contributed by atoms with van der Waals surface area (Å²) in [6.45, 7) is 3.07. The standard InChI is InChI=1S/C11H16N2S/c1-9-4-3-5-10(13-9)12-8-11(14-2)6-7-11/h3-5H,6-8H2,1-2H3,(H,12,13). The van der Waals surface area contributed by atoms with Gasteiger partial charge in [0.25, 0.3) is 0 Å². The summed E-state index contributed by atoms with van der Waals surface area (Å²) >= 11 is 1.97. The molecule has 0 aromatic carbocycles. The molecule has 1 aromatic rings. The Morgan fingerprint density at radius 1 is 1.50 bits per heavy atom. The summed E-state index contributed by atoms with van der Waals surface area (Å²) in [5.41, 5.74) is 1.07. The van der Waals surface area contributed by atoms with Crippen molar-refractivity contribution in [2.24, 2.45) is 0 Å². The number of aromatic nitrogens is 1. The Labute approximate surface area is 89.5 Å². The van der Waals surface area contributed by atoms with E-state index >= 15 is 0 Å². The molecule has 0 spiro atoms. The molecule has 1 heterocycles. The molecule has 0 atom stereocenters. The summed E-state index contributed by atoms with van der Waals surface area (Å²) in [5, 5.41) is 3.41. The summed E-state index contributed by atoms with van der Waals surface area (Å²) < 4.78 is 0.505. The third-order valence-corrected chi connectivity index (χ3v) is 4.14. The topological polar surface area (TPSA) is 24.9 Å². The second-order valence-electron chi connectivity index (χ2n) is 3.90. The van der Waals surface area contributed by atoms with Gasteiger partial charge in [-0.1, -0.05) is 6.07 Å². The first-order valence-corrected chi connectivity index (χ1v) is 6.19. The number of thioether (sulfide) groups is 1. The molecule has 1 aliphatic rings. The van der Waals surface area contributed by atoms with Crippen LogP contribution in [0.2, 0.25) is 0 Å². The highest BCUT2D eigenvalue weighted by Gasteiger charge is 2.41. The number of hydrogen-bond acceptors (Lipinski definition) is 3. The Balaban J connectivity index is 1.92. The number of rotatable bonds is 4. The van der Waals surface area contributed by atoms with Gasteiger partial charge in [-0.25, -0.2) is 4.98 Å². The van der Waals surface area contributed by atoms with Crippen LogP contribution in [0.4, 0.5) is 5.82 Å². The zero-order chi connectivity index (χ0) is 10.0. The predicted octanol–water partition coefficient (Wildman–Crippen LogP) is 2.70. The lowest BCUT2D eigenvalue weighted by Gasteiger charge is -2.13. The first-order valence-electron chi connectivity index (χ1n) is 4.97. The molecule has 2 nitrogen and oxygen atoms in total. The van der Waals surface area contributed by atoms with E-state index in [0.717, 1.165) is 18.1 Å². The third kappa shape index (κ3) is 2.21. The number of nitrogens with one attached hydrogen (secondary N) is 1. The maximum Gasteiger partial charge on any atom is 0.126 e. The number of anilines is 1. The van der Waals surface area contributed by atoms with E-state index in [4.69, 9.17) is 0 Å². The van der Waals surface area contributed by atoms with Gasteiger partial charge in [0.15, 0.2) is 0 Å². The quantitative estimate of drug-likeness (QED) is 0.823. The summed E-state index contributed by atoms with van der Waals surface area (Å²) in [6.07, 6.45) is 4.87. The molecule has 2 rings (SSSR count). The number of nitrogens with zero attached hydrogens (tertiary/aromatic N) is 1. The highest BCUT2D eigenvalue weighted by atomic mass is 32.2. The SMILES string of the molecule is CSC1(CNc2cccc(C)n2)CC1. The lowest BCUT2D eigenvalue weighted by atomic mass is 10.3. The fourth-order valence-electron chi connectivity index (χ4n) is 1.49. The summed E-state index contributed by atoms with van der Waals surface area (Å²) in [6, 6.07) is 6.10. The van der Waals surface area contributed by atoms with Crippen molar-refractivity contribution in [3.63, 3.8) is 0 Å². The molecule has 0 unspecified atom stereocenters. The molecule has 76 valence electrons. The predicted molar refractivity (Wildman–Crippen MR) is 62.9 cm³/mol. The van der Waals surface area contributed by atoms with Gasteiger partial charge in [-0.15, -0.1) is 0 Å². The van der Waals surface area contributed by atoms with Crippen LogP contribution >= 0.6 is 11.8 Å². The van der Waals surface area contributed by atoms with Gasteiger partial charge in [-0.2, -0.15) is 11.8 Å². The molecule has 0 radical (unpaired) electrons. The van der Waals surface area contributed by atoms with Crippen LogP contribution in [0.5, 0.6) is 0 Å². The van der Waals surface area contributed by atoms with Crippen LogP contribution in [0.25, 0.3) is 0 Å². The molecular weight excluding hydrogens is 192 g/mol. The average Bonchev–Trinajstić information content (AvgIpc) is 2.96. The van der Waals surface area contributed by atoms with Crippen molar-refractivity contribution in [3.05, 3.63) is 23.9 Å². The van der Waals surface area contributed by atoms with Gasteiger partial charge in [-0.3, -0.25) is 0 Å². The van der Waals surface area contributed by atoms with Crippen LogP contribution in [0, 0.1) is 6.92 Å². The van der Waals surface area contributed by atoms with Crippen LogP contribution in [0.3, 0.4) is 0 Å². The fourth-order valence-corrected chi connectivity index (χ4v) is 2.21. The lowest BCUT2D eigenvalue weighted by molar-refractivity contribution is 0.938. The monoisotopic (exact) mass is 208 g/mol. The van der Waals surface area contributed by atoms with Crippen molar-refractivity contribution in [2.45, 2.75) is 24.5 Å². The molecule has 3 heteroatoms. The Bertz CT molecular complexity index is 321. The molecule has 0 amide bonds. The minimum atomic E-state index is 0.505. The van der Waals surface area contributed by atoms with Crippen molar-refractivity contribution >= 4 is 17.6 Å². The summed E-state index contributed by atoms with van der Waals surface area (Å²) in [5.74, 6) is 1.00. The van der Waals surface area contributed by atoms with Crippen molar-refractivity contribution in [3.8, 4) is 0 Å². The van der Waals surface area contributed by atoms with Crippen molar-refractivity contribution in [1.29, 1.82) is 0 Å². The van der Waals surface area contributed by atoms with E-state index in [1.807, 2.05) is 36.9 Å².